The summed E-state index contributed by atoms with van der Waals surface area (Å²) >= 11 is 0. The molecule has 2 aromatic rings. The third-order valence-corrected chi connectivity index (χ3v) is 5.99. The summed E-state index contributed by atoms with van der Waals surface area (Å²) in [6.07, 6.45) is -1.80. The molecule has 0 saturated carbocycles. The van der Waals surface area contributed by atoms with Crippen molar-refractivity contribution in [2.24, 2.45) is 0 Å². The molecule has 0 unspecified atom stereocenters. The SMILES string of the molecule is COC1(O[C@@H]2[C@H](O)[C@@H](CO)O[C@H]2n2ccc(=O)[nH]c2=O)CCN(c2ccccc2)CC1. The number of aromatic nitrogens is 2. The van der Waals surface area contributed by atoms with Crippen LogP contribution < -0.4 is 16.1 Å². The minimum absolute atomic E-state index is 0.447. The Bertz CT molecular complexity index is 984. The largest absolute Gasteiger partial charge is 0.394 e. The molecule has 3 heterocycles. The van der Waals surface area contributed by atoms with E-state index in [1.807, 2.05) is 30.3 Å². The Balaban J connectivity index is 1.55. The van der Waals surface area contributed by atoms with Gasteiger partial charge in [-0.05, 0) is 12.1 Å². The summed E-state index contributed by atoms with van der Waals surface area (Å²) < 4.78 is 18.9. The maximum atomic E-state index is 12.3. The molecule has 168 valence electrons. The molecular weight excluding hydrogens is 406 g/mol. The van der Waals surface area contributed by atoms with Crippen LogP contribution in [0, 0.1) is 0 Å². The second-order valence-corrected chi connectivity index (χ2v) is 7.78. The number of nitrogens with zero attached hydrogens (tertiary/aromatic N) is 2. The average molecular weight is 433 g/mol. The first-order valence-electron chi connectivity index (χ1n) is 10.3. The van der Waals surface area contributed by atoms with Crippen LogP contribution in [0.1, 0.15) is 19.1 Å². The van der Waals surface area contributed by atoms with E-state index in [2.05, 4.69) is 9.88 Å². The predicted octanol–water partition coefficient (Wildman–Crippen LogP) is -0.184. The van der Waals surface area contributed by atoms with Crippen LogP contribution in [0.4, 0.5) is 5.69 Å². The molecule has 0 amide bonds. The van der Waals surface area contributed by atoms with Crippen molar-refractivity contribution >= 4 is 5.69 Å². The van der Waals surface area contributed by atoms with Crippen LogP contribution in [0.15, 0.2) is 52.2 Å². The minimum Gasteiger partial charge on any atom is -0.394 e. The van der Waals surface area contributed by atoms with E-state index in [1.165, 1.54) is 12.3 Å². The van der Waals surface area contributed by atoms with Gasteiger partial charge in [0, 0.05) is 51.0 Å². The molecule has 2 fully saturated rings. The number of aliphatic hydroxyl groups is 2. The van der Waals surface area contributed by atoms with Gasteiger partial charge in [0.05, 0.1) is 6.61 Å². The smallest absolute Gasteiger partial charge is 0.330 e. The lowest BCUT2D eigenvalue weighted by Crippen LogP contribution is -2.52. The third-order valence-electron chi connectivity index (χ3n) is 5.99. The van der Waals surface area contributed by atoms with Gasteiger partial charge in [0.25, 0.3) is 5.56 Å². The summed E-state index contributed by atoms with van der Waals surface area (Å²) in [6, 6.07) is 11.2. The lowest BCUT2D eigenvalue weighted by molar-refractivity contribution is -0.276. The van der Waals surface area contributed by atoms with E-state index in [1.54, 1.807) is 7.11 Å². The minimum atomic E-state index is -1.19. The standard InChI is InChI=1S/C21H27N3O7/c1-29-21(8-11-23(12-9-21)14-5-3-2-4-6-14)31-18-17(27)15(13-25)30-19(18)24-10-7-16(26)22-20(24)28/h2-7,10,15,17-19,25,27H,8-9,11-13H2,1H3,(H,22,26,28)/t15-,17-,18-,19-/m1/s1. The van der Waals surface area contributed by atoms with Crippen molar-refractivity contribution in [3.05, 3.63) is 63.4 Å². The zero-order valence-corrected chi connectivity index (χ0v) is 17.2. The highest BCUT2D eigenvalue weighted by molar-refractivity contribution is 5.46. The molecule has 10 heteroatoms. The number of hydrogen-bond donors (Lipinski definition) is 3. The normalized spacial score (nSPS) is 28.0. The van der Waals surface area contributed by atoms with E-state index in [-0.39, 0.29) is 0 Å². The fraction of sp³-hybridized carbons (Fsp3) is 0.524. The zero-order valence-electron chi connectivity index (χ0n) is 17.2. The number of H-pyrrole nitrogens is 1. The number of para-hydroxylation sites is 1. The molecule has 10 nitrogen and oxygen atoms in total. The highest BCUT2D eigenvalue weighted by Gasteiger charge is 2.50. The van der Waals surface area contributed by atoms with Crippen molar-refractivity contribution < 1.29 is 24.4 Å². The summed E-state index contributed by atoms with van der Waals surface area (Å²) in [5, 5.41) is 20.3. The van der Waals surface area contributed by atoms with Gasteiger partial charge in [0.2, 0.25) is 0 Å². The molecule has 0 radical (unpaired) electrons. The topological polar surface area (TPSA) is 126 Å². The van der Waals surface area contributed by atoms with E-state index in [4.69, 9.17) is 14.2 Å². The van der Waals surface area contributed by atoms with Gasteiger partial charge in [-0.25, -0.2) is 4.79 Å². The quantitative estimate of drug-likeness (QED) is 0.536. The lowest BCUT2D eigenvalue weighted by atomic mass is 10.0. The fourth-order valence-corrected chi connectivity index (χ4v) is 4.21. The van der Waals surface area contributed by atoms with E-state index in [9.17, 15) is 19.8 Å². The molecule has 2 saturated heterocycles. The van der Waals surface area contributed by atoms with Crippen molar-refractivity contribution in [2.45, 2.75) is 43.2 Å². The molecule has 0 spiro atoms. The van der Waals surface area contributed by atoms with Gasteiger partial charge in [-0.15, -0.1) is 0 Å². The molecule has 4 rings (SSSR count). The first kappa shape index (κ1) is 21.7. The van der Waals surface area contributed by atoms with Gasteiger partial charge in [-0.2, -0.15) is 0 Å². The van der Waals surface area contributed by atoms with Crippen LogP contribution in [-0.4, -0.2) is 70.7 Å². The van der Waals surface area contributed by atoms with E-state index >= 15 is 0 Å². The Morgan fingerprint density at radius 1 is 1.19 bits per heavy atom. The summed E-state index contributed by atoms with van der Waals surface area (Å²) in [7, 11) is 1.55. The van der Waals surface area contributed by atoms with E-state index in [0.717, 1.165) is 10.3 Å². The summed E-state index contributed by atoms with van der Waals surface area (Å²) in [5.74, 6) is -0.991. The Morgan fingerprint density at radius 3 is 2.52 bits per heavy atom. The fourth-order valence-electron chi connectivity index (χ4n) is 4.21. The molecule has 0 aliphatic carbocycles. The van der Waals surface area contributed by atoms with Crippen LogP contribution in [-0.2, 0) is 14.2 Å². The number of aliphatic hydroxyl groups excluding tert-OH is 2. The van der Waals surface area contributed by atoms with E-state index in [0.29, 0.717) is 25.9 Å². The number of benzene rings is 1. The van der Waals surface area contributed by atoms with Gasteiger partial charge >= 0.3 is 5.69 Å². The summed E-state index contributed by atoms with van der Waals surface area (Å²) in [6.45, 7) is 0.903. The van der Waals surface area contributed by atoms with Crippen LogP contribution in [0.25, 0.3) is 0 Å². The van der Waals surface area contributed by atoms with Gasteiger partial charge in [-0.3, -0.25) is 14.3 Å². The molecule has 3 N–H and O–H groups in total. The van der Waals surface area contributed by atoms with Crippen LogP contribution >= 0.6 is 0 Å². The second-order valence-electron chi connectivity index (χ2n) is 7.78. The molecule has 1 aromatic carbocycles. The monoisotopic (exact) mass is 433 g/mol. The maximum Gasteiger partial charge on any atom is 0.330 e. The van der Waals surface area contributed by atoms with Crippen LogP contribution in [0.5, 0.6) is 0 Å². The molecule has 2 aliphatic heterocycles. The van der Waals surface area contributed by atoms with Gasteiger partial charge in [-0.1, -0.05) is 18.2 Å². The average Bonchev–Trinajstić information content (AvgIpc) is 3.10. The molecule has 31 heavy (non-hydrogen) atoms. The number of methoxy groups -OCH3 is 1. The number of anilines is 1. The number of rotatable bonds is 6. The zero-order chi connectivity index (χ0) is 22.0. The third kappa shape index (κ3) is 4.30. The Morgan fingerprint density at radius 2 is 1.90 bits per heavy atom. The molecule has 0 bridgehead atoms. The number of hydrogen-bond acceptors (Lipinski definition) is 8. The molecule has 2 aliphatic rings. The first-order valence-corrected chi connectivity index (χ1v) is 10.3. The van der Waals surface area contributed by atoms with Crippen molar-refractivity contribution in [2.75, 3.05) is 31.7 Å². The van der Waals surface area contributed by atoms with Crippen molar-refractivity contribution in [1.29, 1.82) is 0 Å². The van der Waals surface area contributed by atoms with Crippen molar-refractivity contribution in [3.63, 3.8) is 0 Å². The van der Waals surface area contributed by atoms with E-state index < -0.39 is 48.2 Å². The molecule has 4 atom stereocenters. The van der Waals surface area contributed by atoms with Crippen molar-refractivity contribution in [1.82, 2.24) is 9.55 Å². The maximum absolute atomic E-state index is 12.3. The highest BCUT2D eigenvalue weighted by Crippen LogP contribution is 2.38. The predicted molar refractivity (Wildman–Crippen MR) is 111 cm³/mol. The second kappa shape index (κ2) is 8.93. The Kier molecular flexibility index (Phi) is 6.26. The van der Waals surface area contributed by atoms with Crippen LogP contribution in [0.3, 0.4) is 0 Å². The number of nitrogens with one attached hydrogen (secondary N) is 1. The first-order chi connectivity index (χ1) is 15.0. The van der Waals surface area contributed by atoms with Crippen LogP contribution in [0.2, 0.25) is 0 Å². The summed E-state index contributed by atoms with van der Waals surface area (Å²) in [4.78, 5) is 28.1. The Labute approximate surface area is 178 Å². The Hall–Kier alpha value is -2.50. The molecular formula is C21H27N3O7. The van der Waals surface area contributed by atoms with Gasteiger partial charge < -0.3 is 29.3 Å². The summed E-state index contributed by atoms with van der Waals surface area (Å²) in [5.41, 5.74) is -0.130. The molecule has 1 aromatic heterocycles. The number of aromatic amines is 1. The van der Waals surface area contributed by atoms with Crippen molar-refractivity contribution in [3.8, 4) is 0 Å². The van der Waals surface area contributed by atoms with Gasteiger partial charge in [0.15, 0.2) is 12.0 Å². The van der Waals surface area contributed by atoms with Gasteiger partial charge in [0.1, 0.15) is 18.3 Å². The number of piperidine rings is 1. The highest BCUT2D eigenvalue weighted by atomic mass is 16.7. The lowest BCUT2D eigenvalue weighted by Gasteiger charge is -2.43. The number of ether oxygens (including phenoxy) is 3.